The fraction of sp³-hybridized carbons (Fsp3) is 0.474. The molecule has 2 heterocycles. The van der Waals surface area contributed by atoms with E-state index in [9.17, 15) is 0 Å². The van der Waals surface area contributed by atoms with Crippen molar-refractivity contribution in [1.82, 2.24) is 15.6 Å². The highest BCUT2D eigenvalue weighted by Crippen LogP contribution is 2.26. The Morgan fingerprint density at radius 1 is 1.23 bits per heavy atom. The fourth-order valence-electron chi connectivity index (χ4n) is 2.37. The summed E-state index contributed by atoms with van der Waals surface area (Å²) in [5.74, 6) is 1.46. The first-order chi connectivity index (χ1) is 12.1. The van der Waals surface area contributed by atoms with Crippen molar-refractivity contribution in [3.8, 4) is 5.88 Å². The van der Waals surface area contributed by atoms with Crippen molar-refractivity contribution in [3.05, 3.63) is 46.3 Å². The molecule has 0 aliphatic heterocycles. The van der Waals surface area contributed by atoms with Crippen LogP contribution >= 0.6 is 35.3 Å². The lowest BCUT2D eigenvalue weighted by Crippen LogP contribution is -2.43. The molecule has 0 saturated carbocycles. The van der Waals surface area contributed by atoms with Crippen LogP contribution in [0.1, 0.15) is 38.1 Å². The predicted octanol–water partition coefficient (Wildman–Crippen LogP) is 4.19. The van der Waals surface area contributed by atoms with Gasteiger partial charge in [0.1, 0.15) is 0 Å². The summed E-state index contributed by atoms with van der Waals surface area (Å²) in [7, 11) is 0. The number of guanidine groups is 1. The SMILES string of the molecule is CCNC(=NCc1cccnc1OCC)NCC(C)(C)c1cccs1.I. The number of thiophene rings is 1. The monoisotopic (exact) mass is 488 g/mol. The van der Waals surface area contributed by atoms with Crippen LogP contribution in [0.5, 0.6) is 5.88 Å². The fourth-order valence-corrected chi connectivity index (χ4v) is 3.22. The van der Waals surface area contributed by atoms with Gasteiger partial charge in [-0.2, -0.15) is 0 Å². The largest absolute Gasteiger partial charge is 0.478 e. The second-order valence-electron chi connectivity index (χ2n) is 6.31. The molecule has 0 spiro atoms. The van der Waals surface area contributed by atoms with Crippen molar-refractivity contribution >= 4 is 41.3 Å². The number of nitrogens with zero attached hydrogens (tertiary/aromatic N) is 2. The Labute approximate surface area is 177 Å². The average molecular weight is 488 g/mol. The molecule has 0 saturated heterocycles. The van der Waals surface area contributed by atoms with Crippen LogP contribution < -0.4 is 15.4 Å². The molecule has 0 aliphatic carbocycles. The van der Waals surface area contributed by atoms with Gasteiger partial charge in [-0.3, -0.25) is 0 Å². The van der Waals surface area contributed by atoms with Gasteiger partial charge in [-0.1, -0.05) is 26.0 Å². The Morgan fingerprint density at radius 3 is 2.69 bits per heavy atom. The minimum atomic E-state index is 0. The molecule has 0 radical (unpaired) electrons. The summed E-state index contributed by atoms with van der Waals surface area (Å²) in [5.41, 5.74) is 1.04. The maximum atomic E-state index is 5.57. The zero-order chi connectivity index (χ0) is 18.1. The summed E-state index contributed by atoms with van der Waals surface area (Å²) in [6.07, 6.45) is 1.74. The Hall–Kier alpha value is -1.35. The molecule has 0 fully saturated rings. The summed E-state index contributed by atoms with van der Waals surface area (Å²) < 4.78 is 5.57. The average Bonchev–Trinajstić information content (AvgIpc) is 3.14. The third-order valence-electron chi connectivity index (χ3n) is 3.77. The van der Waals surface area contributed by atoms with Gasteiger partial charge >= 0.3 is 0 Å². The maximum absolute atomic E-state index is 5.57. The topological polar surface area (TPSA) is 58.5 Å². The van der Waals surface area contributed by atoms with Crippen LogP contribution in [0.2, 0.25) is 0 Å². The third kappa shape index (κ3) is 6.75. The summed E-state index contributed by atoms with van der Waals surface area (Å²) >= 11 is 1.79. The van der Waals surface area contributed by atoms with E-state index < -0.39 is 0 Å². The van der Waals surface area contributed by atoms with E-state index >= 15 is 0 Å². The Morgan fingerprint density at radius 2 is 2.04 bits per heavy atom. The molecule has 0 aliphatic rings. The van der Waals surface area contributed by atoms with Crippen LogP contribution in [0.4, 0.5) is 0 Å². The van der Waals surface area contributed by atoms with Crippen molar-refractivity contribution < 1.29 is 4.74 Å². The molecule has 2 aromatic rings. The molecule has 5 nitrogen and oxygen atoms in total. The molecule has 0 aromatic carbocycles. The van der Waals surface area contributed by atoms with E-state index in [0.29, 0.717) is 19.0 Å². The first-order valence-electron chi connectivity index (χ1n) is 8.69. The minimum absolute atomic E-state index is 0. The first kappa shape index (κ1) is 22.7. The normalized spacial score (nSPS) is 11.6. The Kier molecular flexibility index (Phi) is 9.93. The van der Waals surface area contributed by atoms with Gasteiger partial charge in [-0.25, -0.2) is 9.98 Å². The molecule has 26 heavy (non-hydrogen) atoms. The molecular formula is C19H29IN4OS. The van der Waals surface area contributed by atoms with Gasteiger partial charge in [0.2, 0.25) is 5.88 Å². The van der Waals surface area contributed by atoms with Crippen LogP contribution in [-0.2, 0) is 12.0 Å². The molecule has 2 aromatic heterocycles. The number of aliphatic imine (C=N–C) groups is 1. The summed E-state index contributed by atoms with van der Waals surface area (Å²) in [5, 5.41) is 8.88. The molecule has 2 N–H and O–H groups in total. The minimum Gasteiger partial charge on any atom is -0.478 e. The number of hydrogen-bond acceptors (Lipinski definition) is 4. The summed E-state index contributed by atoms with van der Waals surface area (Å²) in [6.45, 7) is 11.3. The second-order valence-corrected chi connectivity index (χ2v) is 7.26. The molecule has 0 unspecified atom stereocenters. The van der Waals surface area contributed by atoms with Crippen LogP contribution in [0.25, 0.3) is 0 Å². The quantitative estimate of drug-likeness (QED) is 0.333. The zero-order valence-electron chi connectivity index (χ0n) is 15.9. The summed E-state index contributed by atoms with van der Waals surface area (Å²) in [6, 6.07) is 8.19. The van der Waals surface area contributed by atoms with Gasteiger partial charge in [0, 0.05) is 35.1 Å². The number of nitrogens with one attached hydrogen (secondary N) is 2. The lowest BCUT2D eigenvalue weighted by molar-refractivity contribution is 0.323. The van der Waals surface area contributed by atoms with Gasteiger partial charge in [-0.15, -0.1) is 35.3 Å². The molecule has 144 valence electrons. The van der Waals surface area contributed by atoms with E-state index in [-0.39, 0.29) is 29.4 Å². The Balaban J connectivity index is 0.00000338. The van der Waals surface area contributed by atoms with Crippen LogP contribution in [0.3, 0.4) is 0 Å². The van der Waals surface area contributed by atoms with Crippen LogP contribution in [0, 0.1) is 0 Å². The van der Waals surface area contributed by atoms with Crippen LogP contribution in [0.15, 0.2) is 40.8 Å². The maximum Gasteiger partial charge on any atom is 0.218 e. The molecule has 0 bridgehead atoms. The van der Waals surface area contributed by atoms with Crippen molar-refractivity contribution in [2.75, 3.05) is 19.7 Å². The van der Waals surface area contributed by atoms with E-state index in [1.165, 1.54) is 4.88 Å². The number of halogens is 1. The standard InChI is InChI=1S/C19H28N4OS.HI/c1-5-20-18(23-14-19(3,4)16-10-8-12-25-16)22-13-15-9-7-11-21-17(15)24-6-2;/h7-12H,5-6,13-14H2,1-4H3,(H2,20,22,23);1H. The van der Waals surface area contributed by atoms with Crippen molar-refractivity contribution in [2.45, 2.75) is 39.7 Å². The number of pyridine rings is 1. The van der Waals surface area contributed by atoms with E-state index in [0.717, 1.165) is 24.6 Å². The third-order valence-corrected chi connectivity index (χ3v) is 5.00. The number of ether oxygens (including phenoxy) is 1. The number of aromatic nitrogens is 1. The van der Waals surface area contributed by atoms with Gasteiger partial charge in [0.05, 0.1) is 13.2 Å². The first-order valence-corrected chi connectivity index (χ1v) is 9.57. The zero-order valence-corrected chi connectivity index (χ0v) is 19.1. The van der Waals surface area contributed by atoms with Crippen molar-refractivity contribution in [2.24, 2.45) is 4.99 Å². The van der Waals surface area contributed by atoms with Crippen molar-refractivity contribution in [3.63, 3.8) is 0 Å². The van der Waals surface area contributed by atoms with Gasteiger partial charge < -0.3 is 15.4 Å². The van der Waals surface area contributed by atoms with Crippen molar-refractivity contribution in [1.29, 1.82) is 0 Å². The van der Waals surface area contributed by atoms with Gasteiger partial charge in [0.25, 0.3) is 0 Å². The number of hydrogen-bond donors (Lipinski definition) is 2. The lowest BCUT2D eigenvalue weighted by Gasteiger charge is -2.25. The van der Waals surface area contributed by atoms with Crippen LogP contribution in [-0.4, -0.2) is 30.6 Å². The van der Waals surface area contributed by atoms with E-state index in [1.807, 2.05) is 19.1 Å². The lowest BCUT2D eigenvalue weighted by atomic mass is 9.91. The van der Waals surface area contributed by atoms with E-state index in [2.05, 4.69) is 58.9 Å². The van der Waals surface area contributed by atoms with Gasteiger partial charge in [0.15, 0.2) is 5.96 Å². The highest BCUT2D eigenvalue weighted by atomic mass is 127. The van der Waals surface area contributed by atoms with E-state index in [1.54, 1.807) is 17.5 Å². The summed E-state index contributed by atoms with van der Waals surface area (Å²) in [4.78, 5) is 10.3. The molecule has 0 atom stereocenters. The Bertz CT molecular complexity index is 674. The smallest absolute Gasteiger partial charge is 0.218 e. The molecule has 2 rings (SSSR count). The number of rotatable bonds is 8. The second kappa shape index (κ2) is 11.4. The van der Waals surface area contributed by atoms with Gasteiger partial charge in [-0.05, 0) is 31.4 Å². The molecular weight excluding hydrogens is 459 g/mol. The highest BCUT2D eigenvalue weighted by molar-refractivity contribution is 14.0. The van der Waals surface area contributed by atoms with E-state index in [4.69, 9.17) is 4.74 Å². The molecule has 0 amide bonds. The highest BCUT2D eigenvalue weighted by Gasteiger charge is 2.21. The predicted molar refractivity (Wildman–Crippen MR) is 121 cm³/mol. The molecule has 7 heteroatoms.